The minimum Gasteiger partial charge on any atom is -0.306 e. The highest BCUT2D eigenvalue weighted by Gasteiger charge is 2.30. The van der Waals surface area contributed by atoms with Crippen LogP contribution in [0.15, 0.2) is 34.2 Å². The maximum atomic E-state index is 12.8. The monoisotopic (exact) mass is 395 g/mol. The predicted molar refractivity (Wildman–Crippen MR) is 108 cm³/mol. The van der Waals surface area contributed by atoms with Gasteiger partial charge in [-0.1, -0.05) is 23.9 Å². The highest BCUT2D eigenvalue weighted by molar-refractivity contribution is 7.98. The van der Waals surface area contributed by atoms with Crippen molar-refractivity contribution in [1.29, 1.82) is 0 Å². The minimum absolute atomic E-state index is 0.0306. The Morgan fingerprint density at radius 3 is 2.57 bits per heavy atom. The van der Waals surface area contributed by atoms with Crippen molar-refractivity contribution in [2.45, 2.75) is 56.6 Å². The first kappa shape index (κ1) is 17.4. The zero-order valence-corrected chi connectivity index (χ0v) is 16.7. The lowest BCUT2D eigenvalue weighted by Crippen LogP contribution is -2.22. The summed E-state index contributed by atoms with van der Waals surface area (Å²) in [6, 6.07) is 7.62. The molecule has 1 fully saturated rings. The molecule has 8 nitrogen and oxygen atoms in total. The van der Waals surface area contributed by atoms with Crippen molar-refractivity contribution in [2.75, 3.05) is 0 Å². The zero-order chi connectivity index (χ0) is 19.3. The molecule has 1 aromatic carbocycles. The van der Waals surface area contributed by atoms with Gasteiger partial charge >= 0.3 is 0 Å². The van der Waals surface area contributed by atoms with Crippen molar-refractivity contribution in [1.82, 2.24) is 33.9 Å². The standard InChI is InChI=1S/C19H21N7OS/c1-3-24-16(12-9-10-12)21-23-19(24)28-11-15-20-22-18-25(4-2)17(27)13-7-5-6-8-14(13)26(15)18/h5-8,12H,3-4,9-11H2,1-2H3. The molecule has 0 saturated heterocycles. The lowest BCUT2D eigenvalue weighted by Gasteiger charge is -2.10. The Bertz CT molecular complexity index is 1230. The number of para-hydroxylation sites is 1. The molecule has 3 aromatic heterocycles. The molecule has 1 saturated carbocycles. The molecular formula is C19H21N7OS. The lowest BCUT2D eigenvalue weighted by molar-refractivity contribution is 0.643. The summed E-state index contributed by atoms with van der Waals surface area (Å²) in [5, 5.41) is 19.1. The van der Waals surface area contributed by atoms with Gasteiger partial charge in [-0.25, -0.2) is 0 Å². The van der Waals surface area contributed by atoms with E-state index in [1.807, 2.05) is 35.6 Å². The van der Waals surface area contributed by atoms with Gasteiger partial charge in [0.15, 0.2) is 5.16 Å². The van der Waals surface area contributed by atoms with E-state index in [2.05, 4.69) is 31.9 Å². The molecule has 5 rings (SSSR count). The second-order valence-electron chi connectivity index (χ2n) is 6.97. The van der Waals surface area contributed by atoms with Crippen molar-refractivity contribution in [2.24, 2.45) is 0 Å². The molecule has 9 heteroatoms. The third-order valence-corrected chi connectivity index (χ3v) is 6.19. The maximum absolute atomic E-state index is 12.8. The van der Waals surface area contributed by atoms with Crippen LogP contribution in [0.2, 0.25) is 0 Å². The summed E-state index contributed by atoms with van der Waals surface area (Å²) in [5.41, 5.74) is 0.806. The van der Waals surface area contributed by atoms with Gasteiger partial charge in [-0.15, -0.1) is 20.4 Å². The fourth-order valence-corrected chi connectivity index (χ4v) is 4.59. The van der Waals surface area contributed by atoms with Gasteiger partial charge in [0.1, 0.15) is 11.6 Å². The fraction of sp³-hybridized carbons (Fsp3) is 0.421. The Labute approximate surface area is 165 Å². The molecule has 0 amide bonds. The van der Waals surface area contributed by atoms with E-state index >= 15 is 0 Å². The van der Waals surface area contributed by atoms with Crippen LogP contribution in [0.1, 0.15) is 44.3 Å². The van der Waals surface area contributed by atoms with Crippen LogP contribution in [0, 0.1) is 0 Å². The average molecular weight is 395 g/mol. The summed E-state index contributed by atoms with van der Waals surface area (Å²) in [4.78, 5) is 12.8. The fourth-order valence-electron chi connectivity index (χ4n) is 3.67. The first-order valence-corrected chi connectivity index (χ1v) is 10.6. The number of aryl methyl sites for hydroxylation is 1. The molecule has 0 spiro atoms. The number of nitrogens with zero attached hydrogens (tertiary/aromatic N) is 7. The predicted octanol–water partition coefficient (Wildman–Crippen LogP) is 2.85. The third-order valence-electron chi connectivity index (χ3n) is 5.23. The SMILES string of the molecule is CCn1c(SCc2nnc3n(CC)c(=O)c4ccccc4n23)nnc1C1CC1. The van der Waals surface area contributed by atoms with Gasteiger partial charge < -0.3 is 4.57 Å². The van der Waals surface area contributed by atoms with Gasteiger partial charge in [-0.2, -0.15) is 0 Å². The zero-order valence-electron chi connectivity index (χ0n) is 15.9. The molecule has 1 aliphatic carbocycles. The van der Waals surface area contributed by atoms with E-state index in [4.69, 9.17) is 0 Å². The molecule has 1 aliphatic rings. The van der Waals surface area contributed by atoms with Crippen molar-refractivity contribution in [3.8, 4) is 0 Å². The summed E-state index contributed by atoms with van der Waals surface area (Å²) >= 11 is 1.62. The number of hydrogen-bond acceptors (Lipinski definition) is 6. The number of hydrogen-bond donors (Lipinski definition) is 0. The van der Waals surface area contributed by atoms with Crippen molar-refractivity contribution < 1.29 is 0 Å². The van der Waals surface area contributed by atoms with Gasteiger partial charge in [0.2, 0.25) is 5.78 Å². The smallest absolute Gasteiger partial charge is 0.262 e. The largest absolute Gasteiger partial charge is 0.306 e. The molecular weight excluding hydrogens is 374 g/mol. The van der Waals surface area contributed by atoms with Crippen molar-refractivity contribution in [3.63, 3.8) is 0 Å². The van der Waals surface area contributed by atoms with Crippen LogP contribution in [-0.2, 0) is 18.8 Å². The highest BCUT2D eigenvalue weighted by atomic mass is 32.2. The van der Waals surface area contributed by atoms with Crippen LogP contribution in [0.3, 0.4) is 0 Å². The molecule has 4 aromatic rings. The minimum atomic E-state index is -0.0306. The maximum Gasteiger partial charge on any atom is 0.262 e. The van der Waals surface area contributed by atoms with Gasteiger partial charge in [-0.05, 0) is 38.8 Å². The molecule has 3 heterocycles. The van der Waals surface area contributed by atoms with Gasteiger partial charge in [0, 0.05) is 19.0 Å². The van der Waals surface area contributed by atoms with Gasteiger partial charge in [0.25, 0.3) is 5.56 Å². The van der Waals surface area contributed by atoms with E-state index in [1.54, 1.807) is 16.3 Å². The van der Waals surface area contributed by atoms with E-state index < -0.39 is 0 Å². The van der Waals surface area contributed by atoms with Crippen LogP contribution >= 0.6 is 11.8 Å². The molecule has 0 radical (unpaired) electrons. The second kappa shape index (κ2) is 6.73. The molecule has 0 unspecified atom stereocenters. The Hall–Kier alpha value is -2.68. The topological polar surface area (TPSA) is 82.9 Å². The summed E-state index contributed by atoms with van der Waals surface area (Å²) in [6.45, 7) is 5.48. The number of rotatable bonds is 6. The average Bonchev–Trinajstić information content (AvgIpc) is 3.35. The molecule has 28 heavy (non-hydrogen) atoms. The second-order valence-corrected chi connectivity index (χ2v) is 7.91. The van der Waals surface area contributed by atoms with E-state index in [0.29, 0.717) is 29.4 Å². The number of aromatic nitrogens is 7. The highest BCUT2D eigenvalue weighted by Crippen LogP contribution is 2.40. The Kier molecular flexibility index (Phi) is 4.19. The normalized spacial score (nSPS) is 14.4. The van der Waals surface area contributed by atoms with Crippen LogP contribution in [0.5, 0.6) is 0 Å². The van der Waals surface area contributed by atoms with Crippen molar-refractivity contribution >= 4 is 28.4 Å². The first-order chi connectivity index (χ1) is 13.7. The molecule has 144 valence electrons. The molecule has 0 atom stereocenters. The summed E-state index contributed by atoms with van der Waals surface area (Å²) < 4.78 is 5.86. The molecule has 0 aliphatic heterocycles. The summed E-state index contributed by atoms with van der Waals surface area (Å²) in [5.74, 6) is 3.66. The molecule has 0 bridgehead atoms. The summed E-state index contributed by atoms with van der Waals surface area (Å²) in [7, 11) is 0. The number of fused-ring (bicyclic) bond motifs is 3. The van der Waals surface area contributed by atoms with Crippen molar-refractivity contribution in [3.05, 3.63) is 46.3 Å². The Morgan fingerprint density at radius 2 is 1.82 bits per heavy atom. The van der Waals surface area contributed by atoms with Crippen LogP contribution in [0.4, 0.5) is 0 Å². The van der Waals surface area contributed by atoms with E-state index in [1.165, 1.54) is 12.8 Å². The van der Waals surface area contributed by atoms with E-state index in [0.717, 1.165) is 28.9 Å². The first-order valence-electron chi connectivity index (χ1n) is 9.64. The Morgan fingerprint density at radius 1 is 1.04 bits per heavy atom. The van der Waals surface area contributed by atoms with E-state index in [9.17, 15) is 4.79 Å². The van der Waals surface area contributed by atoms with Gasteiger partial charge in [0.05, 0.1) is 16.7 Å². The lowest BCUT2D eigenvalue weighted by atomic mass is 10.2. The third kappa shape index (κ3) is 2.64. The summed E-state index contributed by atoms with van der Waals surface area (Å²) in [6.07, 6.45) is 2.41. The molecule has 0 N–H and O–H groups in total. The van der Waals surface area contributed by atoms with Crippen LogP contribution < -0.4 is 5.56 Å². The van der Waals surface area contributed by atoms with E-state index in [-0.39, 0.29) is 5.56 Å². The number of benzene rings is 1. The number of thioether (sulfide) groups is 1. The van der Waals surface area contributed by atoms with Crippen LogP contribution in [-0.4, -0.2) is 33.9 Å². The quantitative estimate of drug-likeness (QED) is 0.467. The van der Waals surface area contributed by atoms with Crippen LogP contribution in [0.25, 0.3) is 16.7 Å². The van der Waals surface area contributed by atoms with Gasteiger partial charge in [-0.3, -0.25) is 13.8 Å². The Balaban J connectivity index is 1.57.